The Balaban J connectivity index is 1.67. The summed E-state index contributed by atoms with van der Waals surface area (Å²) in [6.07, 6.45) is 2.30. The zero-order valence-corrected chi connectivity index (χ0v) is 13.0. The Morgan fingerprint density at radius 2 is 1.91 bits per heavy atom. The summed E-state index contributed by atoms with van der Waals surface area (Å²) in [6.45, 7) is 0.447. The monoisotopic (exact) mass is 312 g/mol. The Bertz CT molecular complexity index is 670. The van der Waals surface area contributed by atoms with E-state index in [-0.39, 0.29) is 30.2 Å². The first-order chi connectivity index (χ1) is 11.1. The van der Waals surface area contributed by atoms with Gasteiger partial charge in [-0.1, -0.05) is 42.5 Å². The van der Waals surface area contributed by atoms with E-state index in [1.807, 2.05) is 41.3 Å². The summed E-state index contributed by atoms with van der Waals surface area (Å²) < 4.78 is 13.3. The third kappa shape index (κ3) is 4.17. The van der Waals surface area contributed by atoms with Crippen LogP contribution in [-0.2, 0) is 11.3 Å². The number of nitrogens with two attached hydrogens (primary N) is 1. The summed E-state index contributed by atoms with van der Waals surface area (Å²) in [5.74, 6) is -0.236. The Morgan fingerprint density at radius 3 is 2.57 bits per heavy atom. The lowest BCUT2D eigenvalue weighted by molar-refractivity contribution is -0.132. The van der Waals surface area contributed by atoms with Crippen molar-refractivity contribution in [2.24, 2.45) is 5.73 Å². The van der Waals surface area contributed by atoms with Gasteiger partial charge in [-0.05, 0) is 36.1 Å². The summed E-state index contributed by atoms with van der Waals surface area (Å²) >= 11 is 0. The molecule has 0 aliphatic heterocycles. The van der Waals surface area contributed by atoms with Crippen molar-refractivity contribution in [3.05, 3.63) is 71.5 Å². The maximum absolute atomic E-state index is 13.3. The van der Waals surface area contributed by atoms with Crippen LogP contribution in [0.3, 0.4) is 0 Å². The molecule has 0 bridgehead atoms. The van der Waals surface area contributed by atoms with Crippen LogP contribution in [0.25, 0.3) is 0 Å². The molecule has 0 saturated heterocycles. The molecule has 1 fully saturated rings. The fourth-order valence-electron chi connectivity index (χ4n) is 2.76. The molecule has 2 N–H and O–H groups in total. The average molecular weight is 312 g/mol. The van der Waals surface area contributed by atoms with Crippen molar-refractivity contribution in [1.82, 2.24) is 4.90 Å². The molecule has 3 nitrogen and oxygen atoms in total. The Morgan fingerprint density at radius 1 is 1.17 bits per heavy atom. The van der Waals surface area contributed by atoms with Gasteiger partial charge in [0.1, 0.15) is 5.82 Å². The van der Waals surface area contributed by atoms with Crippen LogP contribution in [0.15, 0.2) is 54.6 Å². The standard InChI is InChI=1S/C19H21FN2O/c20-16-8-4-5-14(11-16)13-22(17-9-10-17)19(23)12-18(21)15-6-2-1-3-7-15/h1-8,11,17-18H,9-10,12-13,21H2. The SMILES string of the molecule is NC(CC(=O)N(Cc1cccc(F)c1)C1CC1)c1ccccc1. The van der Waals surface area contributed by atoms with E-state index in [1.165, 1.54) is 12.1 Å². The normalized spacial score (nSPS) is 15.2. The van der Waals surface area contributed by atoms with E-state index in [0.717, 1.165) is 24.0 Å². The van der Waals surface area contributed by atoms with Crippen LogP contribution in [0.4, 0.5) is 4.39 Å². The highest BCUT2D eigenvalue weighted by atomic mass is 19.1. The topological polar surface area (TPSA) is 46.3 Å². The number of hydrogen-bond acceptors (Lipinski definition) is 2. The fourth-order valence-corrected chi connectivity index (χ4v) is 2.76. The first-order valence-corrected chi connectivity index (χ1v) is 7.98. The minimum absolute atomic E-state index is 0.0353. The predicted octanol–water partition coefficient (Wildman–Crippen LogP) is 3.41. The van der Waals surface area contributed by atoms with Gasteiger partial charge in [-0.25, -0.2) is 4.39 Å². The molecule has 1 aliphatic carbocycles. The molecule has 23 heavy (non-hydrogen) atoms. The molecule has 3 rings (SSSR count). The molecule has 0 spiro atoms. The zero-order chi connectivity index (χ0) is 16.2. The van der Waals surface area contributed by atoms with Crippen molar-refractivity contribution < 1.29 is 9.18 Å². The van der Waals surface area contributed by atoms with Crippen LogP contribution in [0.2, 0.25) is 0 Å². The van der Waals surface area contributed by atoms with Gasteiger partial charge in [-0.3, -0.25) is 4.79 Å². The summed E-state index contributed by atoms with van der Waals surface area (Å²) in [5.41, 5.74) is 7.94. The van der Waals surface area contributed by atoms with Gasteiger partial charge in [0, 0.05) is 25.0 Å². The highest BCUT2D eigenvalue weighted by Crippen LogP contribution is 2.30. The third-order valence-electron chi connectivity index (χ3n) is 4.17. The minimum atomic E-state index is -0.308. The zero-order valence-electron chi connectivity index (χ0n) is 13.0. The van der Waals surface area contributed by atoms with E-state index in [2.05, 4.69) is 0 Å². The van der Waals surface area contributed by atoms with Crippen molar-refractivity contribution in [2.75, 3.05) is 0 Å². The van der Waals surface area contributed by atoms with Gasteiger partial charge in [0.2, 0.25) is 5.91 Å². The van der Waals surface area contributed by atoms with E-state index < -0.39 is 0 Å². The van der Waals surface area contributed by atoms with E-state index in [9.17, 15) is 9.18 Å². The summed E-state index contributed by atoms with van der Waals surface area (Å²) in [5, 5.41) is 0. The molecule has 1 amide bonds. The van der Waals surface area contributed by atoms with Gasteiger partial charge >= 0.3 is 0 Å². The Labute approximate surface area is 135 Å². The number of hydrogen-bond donors (Lipinski definition) is 1. The van der Waals surface area contributed by atoms with Crippen LogP contribution in [0.5, 0.6) is 0 Å². The van der Waals surface area contributed by atoms with Crippen molar-refractivity contribution >= 4 is 5.91 Å². The van der Waals surface area contributed by atoms with Gasteiger partial charge < -0.3 is 10.6 Å². The van der Waals surface area contributed by atoms with Gasteiger partial charge in [0.25, 0.3) is 0 Å². The van der Waals surface area contributed by atoms with E-state index in [1.54, 1.807) is 6.07 Å². The number of amides is 1. The summed E-state index contributed by atoms with van der Waals surface area (Å²) in [4.78, 5) is 14.5. The van der Waals surface area contributed by atoms with E-state index >= 15 is 0 Å². The van der Waals surface area contributed by atoms with Crippen molar-refractivity contribution in [3.8, 4) is 0 Å². The van der Waals surface area contributed by atoms with Crippen LogP contribution in [0, 0.1) is 5.82 Å². The fraction of sp³-hybridized carbons (Fsp3) is 0.316. The molecule has 2 aromatic rings. The molecule has 4 heteroatoms. The molecular weight excluding hydrogens is 291 g/mol. The number of halogens is 1. The molecule has 2 aromatic carbocycles. The molecule has 1 atom stereocenters. The van der Waals surface area contributed by atoms with Crippen LogP contribution in [0.1, 0.15) is 36.4 Å². The minimum Gasteiger partial charge on any atom is -0.335 e. The Kier molecular flexibility index (Phi) is 4.72. The van der Waals surface area contributed by atoms with Crippen LogP contribution in [-0.4, -0.2) is 16.8 Å². The maximum atomic E-state index is 13.3. The molecule has 1 saturated carbocycles. The lowest BCUT2D eigenvalue weighted by Gasteiger charge is -2.24. The largest absolute Gasteiger partial charge is 0.335 e. The molecule has 0 radical (unpaired) electrons. The summed E-state index contributed by atoms with van der Waals surface area (Å²) in [6, 6.07) is 16.0. The van der Waals surface area contributed by atoms with E-state index in [0.29, 0.717) is 6.54 Å². The highest BCUT2D eigenvalue weighted by molar-refractivity contribution is 5.77. The first kappa shape index (κ1) is 15.7. The number of rotatable bonds is 6. The second-order valence-corrected chi connectivity index (χ2v) is 6.10. The molecular formula is C19H21FN2O. The van der Waals surface area contributed by atoms with Gasteiger partial charge in [-0.15, -0.1) is 0 Å². The molecule has 120 valence electrons. The van der Waals surface area contributed by atoms with Gasteiger partial charge in [0.05, 0.1) is 0 Å². The molecule has 0 aromatic heterocycles. The van der Waals surface area contributed by atoms with Crippen LogP contribution >= 0.6 is 0 Å². The lowest BCUT2D eigenvalue weighted by atomic mass is 10.0. The van der Waals surface area contributed by atoms with Gasteiger partial charge in [0.15, 0.2) is 0 Å². The second kappa shape index (κ2) is 6.92. The smallest absolute Gasteiger partial charge is 0.225 e. The van der Waals surface area contributed by atoms with Crippen molar-refractivity contribution in [3.63, 3.8) is 0 Å². The number of benzene rings is 2. The average Bonchev–Trinajstić information content (AvgIpc) is 3.38. The quantitative estimate of drug-likeness (QED) is 0.888. The van der Waals surface area contributed by atoms with Crippen molar-refractivity contribution in [2.45, 2.75) is 37.9 Å². The third-order valence-corrected chi connectivity index (χ3v) is 4.17. The maximum Gasteiger partial charge on any atom is 0.225 e. The highest BCUT2D eigenvalue weighted by Gasteiger charge is 2.33. The van der Waals surface area contributed by atoms with Crippen LogP contribution < -0.4 is 5.73 Å². The Hall–Kier alpha value is -2.20. The lowest BCUT2D eigenvalue weighted by Crippen LogP contribution is -2.34. The predicted molar refractivity (Wildman–Crippen MR) is 88.0 cm³/mol. The van der Waals surface area contributed by atoms with Gasteiger partial charge in [-0.2, -0.15) is 0 Å². The second-order valence-electron chi connectivity index (χ2n) is 6.10. The van der Waals surface area contributed by atoms with Crippen molar-refractivity contribution in [1.29, 1.82) is 0 Å². The van der Waals surface area contributed by atoms with E-state index in [4.69, 9.17) is 5.73 Å². The number of nitrogens with zero attached hydrogens (tertiary/aromatic N) is 1. The first-order valence-electron chi connectivity index (χ1n) is 7.98. The molecule has 0 heterocycles. The number of carbonyl (C=O) groups excluding carboxylic acids is 1. The number of carbonyl (C=O) groups is 1. The molecule has 1 unspecified atom stereocenters. The molecule has 1 aliphatic rings. The summed E-state index contributed by atoms with van der Waals surface area (Å²) in [7, 11) is 0.